The Morgan fingerprint density at radius 3 is 2.61 bits per heavy atom. The first-order valence-corrected chi connectivity index (χ1v) is 9.64. The summed E-state index contributed by atoms with van der Waals surface area (Å²) in [5.41, 5.74) is 5.54. The quantitative estimate of drug-likeness (QED) is 0.550. The summed E-state index contributed by atoms with van der Waals surface area (Å²) in [6.45, 7) is 0. The summed E-state index contributed by atoms with van der Waals surface area (Å²) in [5, 5.41) is 11.0. The standard InChI is InChI=1S/C17H15N7O3S/c1-18-28(26,27)13-5-2-11(3-6-13)22-23-16-14-8-12(24-10-19-9-20-24)4-7-15(14)21-17(16)25/h2-10,18,22H,1H3,(H,21,23,25). The monoisotopic (exact) mass is 397 g/mol. The van der Waals surface area contributed by atoms with Crippen molar-refractivity contribution in [2.45, 2.75) is 4.90 Å². The molecule has 2 aromatic carbocycles. The van der Waals surface area contributed by atoms with Crippen LogP contribution in [0.2, 0.25) is 0 Å². The van der Waals surface area contributed by atoms with Crippen molar-refractivity contribution in [2.24, 2.45) is 5.10 Å². The summed E-state index contributed by atoms with van der Waals surface area (Å²) in [4.78, 5) is 16.3. The second-order valence-corrected chi connectivity index (χ2v) is 7.71. The van der Waals surface area contributed by atoms with E-state index in [1.807, 2.05) is 6.07 Å². The Kier molecular flexibility index (Phi) is 4.37. The Balaban J connectivity index is 1.61. The van der Waals surface area contributed by atoms with Gasteiger partial charge in [0.15, 0.2) is 5.71 Å². The Bertz CT molecular complexity index is 1170. The van der Waals surface area contributed by atoms with E-state index in [2.05, 4.69) is 30.6 Å². The molecule has 28 heavy (non-hydrogen) atoms. The Hall–Kier alpha value is -3.57. The van der Waals surface area contributed by atoms with Crippen molar-refractivity contribution in [2.75, 3.05) is 17.8 Å². The molecule has 3 aromatic rings. The van der Waals surface area contributed by atoms with Crippen molar-refractivity contribution in [3.8, 4) is 5.69 Å². The molecule has 0 atom stereocenters. The van der Waals surface area contributed by atoms with E-state index in [0.717, 1.165) is 5.69 Å². The van der Waals surface area contributed by atoms with E-state index in [4.69, 9.17) is 0 Å². The first kappa shape index (κ1) is 17.8. The molecule has 3 N–H and O–H groups in total. The highest BCUT2D eigenvalue weighted by Gasteiger charge is 2.26. The van der Waals surface area contributed by atoms with Crippen LogP contribution in [-0.4, -0.2) is 41.8 Å². The molecule has 1 aliphatic rings. The van der Waals surface area contributed by atoms with Crippen LogP contribution in [0.15, 0.2) is 65.1 Å². The largest absolute Gasteiger partial charge is 0.320 e. The topological polar surface area (TPSA) is 130 Å². The molecule has 0 saturated carbocycles. The number of rotatable bonds is 5. The minimum absolute atomic E-state index is 0.134. The van der Waals surface area contributed by atoms with Crippen molar-refractivity contribution in [1.29, 1.82) is 0 Å². The SMILES string of the molecule is CNS(=O)(=O)c1ccc(N/N=C2\C(=O)Nc3ccc(-n4cncn4)cc32)cc1. The lowest BCUT2D eigenvalue weighted by Crippen LogP contribution is -2.18. The highest BCUT2D eigenvalue weighted by atomic mass is 32.2. The molecule has 1 aliphatic heterocycles. The third-order valence-electron chi connectivity index (χ3n) is 4.13. The second-order valence-electron chi connectivity index (χ2n) is 5.83. The van der Waals surface area contributed by atoms with E-state index in [1.54, 1.807) is 35.3 Å². The van der Waals surface area contributed by atoms with Gasteiger partial charge in [0.2, 0.25) is 10.0 Å². The summed E-state index contributed by atoms with van der Waals surface area (Å²) in [7, 11) is -2.17. The van der Waals surface area contributed by atoms with Crippen molar-refractivity contribution in [3.63, 3.8) is 0 Å². The molecule has 142 valence electrons. The van der Waals surface area contributed by atoms with Gasteiger partial charge in [-0.05, 0) is 49.5 Å². The van der Waals surface area contributed by atoms with Crippen molar-refractivity contribution >= 4 is 33.0 Å². The third-order valence-corrected chi connectivity index (χ3v) is 5.57. The maximum atomic E-state index is 12.3. The molecule has 0 aliphatic carbocycles. The van der Waals surface area contributed by atoms with E-state index in [-0.39, 0.29) is 16.5 Å². The molecule has 0 saturated heterocycles. The maximum absolute atomic E-state index is 12.3. The fourth-order valence-electron chi connectivity index (χ4n) is 2.68. The van der Waals surface area contributed by atoms with Crippen LogP contribution in [0.5, 0.6) is 0 Å². The molecule has 0 unspecified atom stereocenters. The molecule has 4 rings (SSSR count). The Labute approximate surface area is 160 Å². The third kappa shape index (κ3) is 3.23. The minimum atomic E-state index is -3.51. The summed E-state index contributed by atoms with van der Waals surface area (Å²) in [5.74, 6) is -0.340. The van der Waals surface area contributed by atoms with E-state index in [9.17, 15) is 13.2 Å². The Morgan fingerprint density at radius 1 is 1.14 bits per heavy atom. The summed E-state index contributed by atoms with van der Waals surface area (Å²) < 4.78 is 27.4. The van der Waals surface area contributed by atoms with Crippen molar-refractivity contribution < 1.29 is 13.2 Å². The van der Waals surface area contributed by atoms with Gasteiger partial charge in [-0.15, -0.1) is 0 Å². The van der Waals surface area contributed by atoms with Crippen LogP contribution in [0.4, 0.5) is 11.4 Å². The highest BCUT2D eigenvalue weighted by molar-refractivity contribution is 7.89. The van der Waals surface area contributed by atoms with Crippen LogP contribution < -0.4 is 15.5 Å². The zero-order valence-corrected chi connectivity index (χ0v) is 15.4. The minimum Gasteiger partial charge on any atom is -0.320 e. The first-order valence-electron chi connectivity index (χ1n) is 8.16. The molecule has 0 fully saturated rings. The maximum Gasteiger partial charge on any atom is 0.276 e. The van der Waals surface area contributed by atoms with Crippen LogP contribution in [-0.2, 0) is 14.8 Å². The number of benzene rings is 2. The molecule has 0 spiro atoms. The van der Waals surface area contributed by atoms with E-state index in [1.165, 1.54) is 25.5 Å². The van der Waals surface area contributed by atoms with Gasteiger partial charge in [0, 0.05) is 5.56 Å². The number of carbonyl (C=O) groups excluding carboxylic acids is 1. The van der Waals surface area contributed by atoms with Crippen LogP contribution in [0.1, 0.15) is 5.56 Å². The number of hydrogen-bond donors (Lipinski definition) is 3. The fourth-order valence-corrected chi connectivity index (χ4v) is 3.41. The fraction of sp³-hybridized carbons (Fsp3) is 0.0588. The predicted octanol–water partition coefficient (Wildman–Crippen LogP) is 0.944. The normalized spacial score (nSPS) is 14.8. The molecule has 2 heterocycles. The lowest BCUT2D eigenvalue weighted by atomic mass is 10.1. The molecular formula is C17H15N7O3S. The van der Waals surface area contributed by atoms with Crippen molar-refractivity contribution in [3.05, 3.63) is 60.7 Å². The van der Waals surface area contributed by atoms with Gasteiger partial charge in [-0.2, -0.15) is 10.2 Å². The summed E-state index contributed by atoms with van der Waals surface area (Å²) in [6.07, 6.45) is 2.98. The number of hydrogen-bond acceptors (Lipinski definition) is 7. The number of sulfonamides is 1. The number of carbonyl (C=O) groups is 1. The van der Waals surface area contributed by atoms with E-state index >= 15 is 0 Å². The summed E-state index contributed by atoms with van der Waals surface area (Å²) in [6, 6.07) is 11.4. The first-order chi connectivity index (χ1) is 13.5. The van der Waals surface area contributed by atoms with Gasteiger partial charge < -0.3 is 5.32 Å². The number of aromatic nitrogens is 3. The van der Waals surface area contributed by atoms with Gasteiger partial charge in [0.25, 0.3) is 5.91 Å². The average molecular weight is 397 g/mol. The molecule has 0 radical (unpaired) electrons. The zero-order valence-electron chi connectivity index (χ0n) is 14.6. The lowest BCUT2D eigenvalue weighted by Gasteiger charge is -2.06. The smallest absolute Gasteiger partial charge is 0.276 e. The van der Waals surface area contributed by atoms with Gasteiger partial charge in [-0.3, -0.25) is 10.2 Å². The van der Waals surface area contributed by atoms with Gasteiger partial charge in [0.05, 0.1) is 22.0 Å². The van der Waals surface area contributed by atoms with Crippen LogP contribution >= 0.6 is 0 Å². The highest BCUT2D eigenvalue weighted by Crippen LogP contribution is 2.26. The van der Waals surface area contributed by atoms with Gasteiger partial charge in [-0.1, -0.05) is 0 Å². The molecule has 10 nitrogen and oxygen atoms in total. The number of amides is 1. The van der Waals surface area contributed by atoms with Gasteiger partial charge in [0.1, 0.15) is 12.7 Å². The molecular weight excluding hydrogens is 382 g/mol. The Morgan fingerprint density at radius 2 is 1.93 bits per heavy atom. The van der Waals surface area contributed by atoms with Crippen LogP contribution in [0.3, 0.4) is 0 Å². The second kappa shape index (κ2) is 6.87. The van der Waals surface area contributed by atoms with E-state index in [0.29, 0.717) is 16.9 Å². The number of nitrogens with one attached hydrogen (secondary N) is 3. The molecule has 1 amide bonds. The number of fused-ring (bicyclic) bond motifs is 1. The van der Waals surface area contributed by atoms with E-state index < -0.39 is 10.0 Å². The van der Waals surface area contributed by atoms with Crippen LogP contribution in [0.25, 0.3) is 5.69 Å². The number of hydrazone groups is 1. The van der Waals surface area contributed by atoms with Crippen molar-refractivity contribution in [1.82, 2.24) is 19.5 Å². The molecule has 1 aromatic heterocycles. The lowest BCUT2D eigenvalue weighted by molar-refractivity contribution is -0.110. The van der Waals surface area contributed by atoms with Gasteiger partial charge >= 0.3 is 0 Å². The predicted molar refractivity (Wildman–Crippen MR) is 103 cm³/mol. The number of nitrogens with zero attached hydrogens (tertiary/aromatic N) is 4. The van der Waals surface area contributed by atoms with Gasteiger partial charge in [-0.25, -0.2) is 22.8 Å². The zero-order chi connectivity index (χ0) is 19.7. The molecule has 0 bridgehead atoms. The number of anilines is 2. The summed E-state index contributed by atoms with van der Waals surface area (Å²) >= 11 is 0. The van der Waals surface area contributed by atoms with Crippen LogP contribution in [0, 0.1) is 0 Å². The molecule has 11 heteroatoms. The average Bonchev–Trinajstić information content (AvgIpc) is 3.34.